The standard InChI is InChI=1S/C23H20F2N4O3/c1-11-19(12(2)32-28-11)14-7-16(21(30)26-3)20-15-6-13(4-5-17(15)27-18(20)8-14)22(31)29-9-23(24,25)10-29/h4-8,27H,9-10H2,1-3H3,(H,26,30). The molecule has 4 aromatic rings. The van der Waals surface area contributed by atoms with E-state index in [2.05, 4.69) is 15.5 Å². The molecule has 3 heterocycles. The molecule has 9 heteroatoms. The van der Waals surface area contributed by atoms with Gasteiger partial charge in [-0.15, -0.1) is 0 Å². The SMILES string of the molecule is CNC(=O)c1cc(-c2c(C)noc2C)cc2[nH]c3ccc(C(=O)N4CC(F)(F)C4)cc3c12. The van der Waals surface area contributed by atoms with Gasteiger partial charge in [0.1, 0.15) is 5.76 Å². The van der Waals surface area contributed by atoms with Crippen molar-refractivity contribution in [1.82, 2.24) is 20.4 Å². The molecule has 2 aromatic heterocycles. The van der Waals surface area contributed by atoms with Gasteiger partial charge in [0.25, 0.3) is 17.7 Å². The maximum absolute atomic E-state index is 13.2. The number of nitrogens with one attached hydrogen (secondary N) is 2. The number of rotatable bonds is 3. The number of alkyl halides is 2. The molecule has 164 valence electrons. The second-order valence-corrected chi connectivity index (χ2v) is 8.13. The van der Waals surface area contributed by atoms with E-state index in [4.69, 9.17) is 4.52 Å². The molecule has 2 aromatic carbocycles. The first-order valence-corrected chi connectivity index (χ1v) is 10.1. The van der Waals surface area contributed by atoms with Crippen LogP contribution in [-0.2, 0) is 0 Å². The largest absolute Gasteiger partial charge is 0.361 e. The van der Waals surface area contributed by atoms with Crippen molar-refractivity contribution in [3.05, 3.63) is 52.9 Å². The van der Waals surface area contributed by atoms with E-state index < -0.39 is 24.9 Å². The highest BCUT2D eigenvalue weighted by Gasteiger charge is 2.46. The summed E-state index contributed by atoms with van der Waals surface area (Å²) in [5.74, 6) is -2.94. The Bertz CT molecular complexity index is 1390. The van der Waals surface area contributed by atoms with Gasteiger partial charge in [0.2, 0.25) is 0 Å². The molecule has 0 radical (unpaired) electrons. The van der Waals surface area contributed by atoms with Gasteiger partial charge in [-0.1, -0.05) is 5.16 Å². The molecule has 32 heavy (non-hydrogen) atoms. The zero-order chi connectivity index (χ0) is 22.8. The van der Waals surface area contributed by atoms with E-state index in [9.17, 15) is 18.4 Å². The zero-order valence-electron chi connectivity index (χ0n) is 17.7. The highest BCUT2D eigenvalue weighted by Crippen LogP contribution is 2.36. The average Bonchev–Trinajstić information content (AvgIpc) is 3.28. The number of H-pyrrole nitrogens is 1. The van der Waals surface area contributed by atoms with E-state index in [-0.39, 0.29) is 5.91 Å². The minimum Gasteiger partial charge on any atom is -0.361 e. The van der Waals surface area contributed by atoms with Crippen molar-refractivity contribution in [2.24, 2.45) is 0 Å². The van der Waals surface area contributed by atoms with Crippen molar-refractivity contribution in [3.8, 4) is 11.1 Å². The Morgan fingerprint density at radius 1 is 1.16 bits per heavy atom. The summed E-state index contributed by atoms with van der Waals surface area (Å²) < 4.78 is 31.7. The van der Waals surface area contributed by atoms with Crippen molar-refractivity contribution in [1.29, 1.82) is 0 Å². The Kier molecular flexibility index (Phi) is 4.34. The van der Waals surface area contributed by atoms with Crippen molar-refractivity contribution in [3.63, 3.8) is 0 Å². The van der Waals surface area contributed by atoms with Crippen LogP contribution in [0.3, 0.4) is 0 Å². The predicted molar refractivity (Wildman–Crippen MR) is 115 cm³/mol. The maximum Gasteiger partial charge on any atom is 0.282 e. The number of carbonyl (C=O) groups is 2. The molecule has 0 aliphatic carbocycles. The van der Waals surface area contributed by atoms with Crippen LogP contribution in [0.4, 0.5) is 8.78 Å². The molecular weight excluding hydrogens is 418 g/mol. The number of hydrogen-bond acceptors (Lipinski definition) is 4. The smallest absolute Gasteiger partial charge is 0.282 e. The van der Waals surface area contributed by atoms with Crippen LogP contribution in [0.1, 0.15) is 32.2 Å². The van der Waals surface area contributed by atoms with Gasteiger partial charge in [-0.2, -0.15) is 0 Å². The summed E-state index contributed by atoms with van der Waals surface area (Å²) in [5, 5.41) is 7.98. The molecule has 0 unspecified atom stereocenters. The quantitative estimate of drug-likeness (QED) is 0.505. The number of benzene rings is 2. The lowest BCUT2D eigenvalue weighted by Crippen LogP contribution is -2.58. The monoisotopic (exact) mass is 438 g/mol. The van der Waals surface area contributed by atoms with Crippen LogP contribution < -0.4 is 5.32 Å². The van der Waals surface area contributed by atoms with Crippen molar-refractivity contribution in [2.45, 2.75) is 19.8 Å². The van der Waals surface area contributed by atoms with E-state index in [1.54, 1.807) is 31.3 Å². The summed E-state index contributed by atoms with van der Waals surface area (Å²) in [6.45, 7) is 2.48. The fourth-order valence-corrected chi connectivity index (χ4v) is 4.36. The van der Waals surface area contributed by atoms with E-state index in [1.165, 1.54) is 0 Å². The molecule has 1 saturated heterocycles. The Labute approximate surface area is 181 Å². The van der Waals surface area contributed by atoms with E-state index in [0.29, 0.717) is 38.9 Å². The lowest BCUT2D eigenvalue weighted by molar-refractivity contribution is -0.113. The summed E-state index contributed by atoms with van der Waals surface area (Å²) in [6, 6.07) is 8.65. The molecule has 5 rings (SSSR count). The summed E-state index contributed by atoms with van der Waals surface area (Å²) >= 11 is 0. The molecule has 1 fully saturated rings. The topological polar surface area (TPSA) is 91.2 Å². The number of likely N-dealkylation sites (tertiary alicyclic amines) is 1. The first kappa shape index (κ1) is 20.2. The van der Waals surface area contributed by atoms with Crippen LogP contribution in [0, 0.1) is 13.8 Å². The van der Waals surface area contributed by atoms with Crippen LogP contribution in [0.5, 0.6) is 0 Å². The number of aromatic nitrogens is 2. The number of hydrogen-bond donors (Lipinski definition) is 2. The van der Waals surface area contributed by atoms with Crippen molar-refractivity contribution < 1.29 is 22.9 Å². The molecule has 0 spiro atoms. The molecular formula is C23H20F2N4O3. The fraction of sp³-hybridized carbons (Fsp3) is 0.261. The van der Waals surface area contributed by atoms with Crippen LogP contribution >= 0.6 is 0 Å². The van der Waals surface area contributed by atoms with Gasteiger partial charge in [-0.25, -0.2) is 8.78 Å². The van der Waals surface area contributed by atoms with Crippen LogP contribution in [0.2, 0.25) is 0 Å². The molecule has 1 aliphatic rings. The highest BCUT2D eigenvalue weighted by atomic mass is 19.3. The van der Waals surface area contributed by atoms with Gasteiger partial charge in [-0.3, -0.25) is 9.59 Å². The second-order valence-electron chi connectivity index (χ2n) is 8.13. The molecule has 0 saturated carbocycles. The Hall–Kier alpha value is -3.75. The Morgan fingerprint density at radius 2 is 1.91 bits per heavy atom. The van der Waals surface area contributed by atoms with Gasteiger partial charge >= 0.3 is 0 Å². The number of halogens is 2. The third-order valence-corrected chi connectivity index (χ3v) is 5.87. The predicted octanol–water partition coefficient (Wildman–Crippen LogP) is 4.04. The second kappa shape index (κ2) is 6.88. The third kappa shape index (κ3) is 3.04. The van der Waals surface area contributed by atoms with Crippen molar-refractivity contribution >= 4 is 33.6 Å². The molecule has 2 N–H and O–H groups in total. The van der Waals surface area contributed by atoms with Crippen LogP contribution in [0.25, 0.3) is 32.9 Å². The number of nitrogens with zero attached hydrogens (tertiary/aromatic N) is 2. The van der Waals surface area contributed by atoms with Crippen LogP contribution in [0.15, 0.2) is 34.9 Å². The van der Waals surface area contributed by atoms with E-state index in [0.717, 1.165) is 21.5 Å². The normalized spacial score (nSPS) is 15.2. The third-order valence-electron chi connectivity index (χ3n) is 5.87. The van der Waals surface area contributed by atoms with Gasteiger partial charge in [0.05, 0.1) is 18.8 Å². The Morgan fingerprint density at radius 3 is 2.53 bits per heavy atom. The molecule has 0 atom stereocenters. The summed E-state index contributed by atoms with van der Waals surface area (Å²) in [6.07, 6.45) is 0. The summed E-state index contributed by atoms with van der Waals surface area (Å²) in [7, 11) is 1.55. The number of aromatic amines is 1. The molecule has 0 bridgehead atoms. The number of aryl methyl sites for hydroxylation is 2. The number of fused-ring (bicyclic) bond motifs is 3. The lowest BCUT2D eigenvalue weighted by Gasteiger charge is -2.38. The maximum atomic E-state index is 13.2. The van der Waals surface area contributed by atoms with Gasteiger partial charge in [-0.05, 0) is 49.7 Å². The minimum atomic E-state index is -2.83. The van der Waals surface area contributed by atoms with E-state index in [1.807, 2.05) is 19.9 Å². The number of amides is 2. The first-order chi connectivity index (χ1) is 15.2. The summed E-state index contributed by atoms with van der Waals surface area (Å²) in [5.41, 5.74) is 4.45. The van der Waals surface area contributed by atoms with Gasteiger partial charge in [0, 0.05) is 45.5 Å². The van der Waals surface area contributed by atoms with Gasteiger partial charge < -0.3 is 19.7 Å². The van der Waals surface area contributed by atoms with Gasteiger partial charge in [0.15, 0.2) is 0 Å². The first-order valence-electron chi connectivity index (χ1n) is 10.1. The summed E-state index contributed by atoms with van der Waals surface area (Å²) in [4.78, 5) is 29.9. The minimum absolute atomic E-state index is 0.288. The average molecular weight is 438 g/mol. The lowest BCUT2D eigenvalue weighted by atomic mass is 9.96. The molecule has 2 amide bonds. The van der Waals surface area contributed by atoms with Crippen molar-refractivity contribution in [2.75, 3.05) is 20.1 Å². The Balaban J connectivity index is 1.69. The molecule has 7 nitrogen and oxygen atoms in total. The highest BCUT2D eigenvalue weighted by molar-refractivity contribution is 6.19. The van der Waals surface area contributed by atoms with Crippen LogP contribution in [-0.4, -0.2) is 52.9 Å². The zero-order valence-corrected chi connectivity index (χ0v) is 17.7. The van der Waals surface area contributed by atoms with E-state index >= 15 is 0 Å². The molecule has 1 aliphatic heterocycles. The number of carbonyl (C=O) groups excluding carboxylic acids is 2. The fourth-order valence-electron chi connectivity index (χ4n) is 4.36.